The minimum atomic E-state index is -4.68. The first-order valence-corrected chi connectivity index (χ1v) is 33.4. The fraction of sp³-hybridized carbons (Fsp3) is 0.250. The summed E-state index contributed by atoms with van der Waals surface area (Å²) in [7, 11) is 4.30. The van der Waals surface area contributed by atoms with Crippen molar-refractivity contribution in [3.63, 3.8) is 0 Å². The van der Waals surface area contributed by atoms with Crippen molar-refractivity contribution >= 4 is 110 Å². The van der Waals surface area contributed by atoms with Gasteiger partial charge in [0.25, 0.3) is 35.4 Å². The van der Waals surface area contributed by atoms with Gasteiger partial charge in [-0.25, -0.2) is 29.9 Å². The highest BCUT2D eigenvalue weighted by Crippen LogP contribution is 2.41. The standard InChI is InChI=1S/2C24H23F3N6O3.C14H11ClF3N3O.C10H13N3O2/c2*1-28-22(34)16-4-2-3-5-18(16)31-19-12-21(30-14-17(19)24(25,26)27)32-20-7-6-15(13-29-20)23(35)33-8-10-36-11-9-33;1-19-13(22)8-4-2-3-5-10(8)21-11-6-12(15)20-7-9(11)14(16,17)18;11-9-2-1-8(7-12-9)10(14)13-3-5-15-6-4-13/h2*2-7,12-14H,8-11H2,1H3,(H,28,34)(H2,29,30,31,32);2-7H,1H3,(H,19,22)(H,20,21);1-2,7H,3-6H2,(H2,11,12). The van der Waals surface area contributed by atoms with Gasteiger partial charge in [-0.2, -0.15) is 39.5 Å². The lowest BCUT2D eigenvalue weighted by molar-refractivity contribution is -0.138. The van der Waals surface area contributed by atoms with Gasteiger partial charge in [-0.3, -0.25) is 28.8 Å². The van der Waals surface area contributed by atoms with Gasteiger partial charge in [-0.1, -0.05) is 48.0 Å². The monoisotopic (exact) mass is 1540 g/mol. The van der Waals surface area contributed by atoms with Crippen molar-refractivity contribution in [1.29, 1.82) is 0 Å². The number of nitrogens with zero attached hydrogens (tertiary/aromatic N) is 9. The number of alkyl halides is 9. The summed E-state index contributed by atoms with van der Waals surface area (Å²) < 4.78 is 137. The second kappa shape index (κ2) is 37.3. The molecule has 3 aliphatic rings. The van der Waals surface area contributed by atoms with E-state index < -0.39 is 52.9 Å². The third kappa shape index (κ3) is 22.4. The molecule has 37 heteroatoms. The van der Waals surface area contributed by atoms with Crippen LogP contribution >= 0.6 is 11.6 Å². The number of rotatable bonds is 16. The number of hydrogen-bond acceptors (Lipinski definition) is 21. The van der Waals surface area contributed by atoms with Crippen molar-refractivity contribution in [1.82, 2.24) is 60.6 Å². The molecule has 0 unspecified atom stereocenters. The lowest BCUT2D eigenvalue weighted by atomic mass is 10.1. The molecule has 0 spiro atoms. The second-order valence-electron chi connectivity index (χ2n) is 23.3. The summed E-state index contributed by atoms with van der Waals surface area (Å²) in [6, 6.07) is 31.6. The van der Waals surface area contributed by atoms with Gasteiger partial charge < -0.3 is 77.2 Å². The Hall–Kier alpha value is -12.3. The van der Waals surface area contributed by atoms with Crippen molar-refractivity contribution < 1.29 is 82.5 Å². The topological polar surface area (TPSA) is 339 Å². The minimum absolute atomic E-state index is 0.00852. The maximum atomic E-state index is 13.7. The number of aromatic nitrogens is 6. The highest BCUT2D eigenvalue weighted by atomic mass is 35.5. The molecule has 10 N–H and O–H groups in total. The predicted molar refractivity (Wildman–Crippen MR) is 386 cm³/mol. The molecule has 9 heterocycles. The maximum absolute atomic E-state index is 13.7. The lowest BCUT2D eigenvalue weighted by Crippen LogP contribution is -2.40. The van der Waals surface area contributed by atoms with Crippen molar-refractivity contribution in [2.75, 3.05) is 132 Å². The molecule has 3 aliphatic heterocycles. The number of pyridine rings is 6. The number of carbonyl (C=O) groups is 6. The van der Waals surface area contributed by atoms with Crippen LogP contribution in [-0.4, -0.2) is 180 Å². The molecule has 0 saturated carbocycles. The third-order valence-electron chi connectivity index (χ3n) is 16.1. The predicted octanol–water partition coefficient (Wildman–Crippen LogP) is 11.6. The van der Waals surface area contributed by atoms with E-state index in [0.717, 1.165) is 6.07 Å². The average Bonchev–Trinajstić information content (AvgIpc) is 0.810. The molecule has 0 bridgehead atoms. The van der Waals surface area contributed by atoms with E-state index in [1.54, 1.807) is 87.5 Å². The average molecular weight is 1540 g/mol. The minimum Gasteiger partial charge on any atom is -0.384 e. The van der Waals surface area contributed by atoms with Gasteiger partial charge in [0.1, 0.15) is 34.2 Å². The van der Waals surface area contributed by atoms with Gasteiger partial charge in [0.05, 0.1) is 124 Å². The quantitative estimate of drug-likeness (QED) is 0.0320. The number of carbonyl (C=O) groups excluding carboxylic acids is 6. The molecule has 0 aliphatic carbocycles. The summed E-state index contributed by atoms with van der Waals surface area (Å²) in [5.74, 6) is -0.501. The first-order valence-electron chi connectivity index (χ1n) is 33.0. The SMILES string of the molecule is CNC(=O)c1ccccc1Nc1cc(Cl)ncc1C(F)(F)F.CNC(=O)c1ccccc1Nc1cc(Nc2ccc(C(=O)N3CCOCC3)cn2)ncc1C(F)(F)F.CNC(=O)c1ccccc1Nc1cc(Nc2ccc(C(=O)N3CCOCC3)cn2)ncc1C(F)(F)F.Nc1ccc(C(=O)N2CCOCC2)cn1. The summed E-state index contributed by atoms with van der Waals surface area (Å²) in [5.41, 5.74) is 4.16. The van der Waals surface area contributed by atoms with Gasteiger partial charge in [0.15, 0.2) is 0 Å². The fourth-order valence-electron chi connectivity index (χ4n) is 10.5. The van der Waals surface area contributed by atoms with E-state index >= 15 is 0 Å². The van der Waals surface area contributed by atoms with Gasteiger partial charge >= 0.3 is 18.5 Å². The van der Waals surface area contributed by atoms with Gasteiger partial charge in [0.2, 0.25) is 0 Å². The van der Waals surface area contributed by atoms with E-state index in [1.165, 1.54) is 88.3 Å². The van der Waals surface area contributed by atoms with E-state index in [1.807, 2.05) is 0 Å². The Morgan fingerprint density at radius 3 is 0.954 bits per heavy atom. The van der Waals surface area contributed by atoms with Crippen molar-refractivity contribution in [3.8, 4) is 0 Å². The van der Waals surface area contributed by atoms with Crippen LogP contribution in [-0.2, 0) is 32.7 Å². The molecule has 27 nitrogen and oxygen atoms in total. The van der Waals surface area contributed by atoms with Crippen LogP contribution in [0.3, 0.4) is 0 Å². The number of morpholine rings is 3. The molecule has 6 aromatic heterocycles. The molecule has 109 heavy (non-hydrogen) atoms. The Labute approximate surface area is 621 Å². The molecular formula is C72H70ClF9N18O9. The Morgan fingerprint density at radius 1 is 0.367 bits per heavy atom. The van der Waals surface area contributed by atoms with Crippen LogP contribution in [0.2, 0.25) is 5.15 Å². The van der Waals surface area contributed by atoms with Crippen molar-refractivity contribution in [3.05, 3.63) is 220 Å². The summed E-state index contributed by atoms with van der Waals surface area (Å²) in [6.07, 6.45) is -7.63. The molecule has 3 aromatic carbocycles. The largest absolute Gasteiger partial charge is 0.419 e. The number of halogens is 10. The number of nitrogens with two attached hydrogens (primary N) is 1. The van der Waals surface area contributed by atoms with Crippen LogP contribution in [0.4, 0.5) is 103 Å². The molecular weight excluding hydrogens is 1470 g/mol. The number of benzene rings is 3. The highest BCUT2D eigenvalue weighted by molar-refractivity contribution is 6.29. The van der Waals surface area contributed by atoms with Gasteiger partial charge in [-0.15, -0.1) is 0 Å². The molecule has 12 rings (SSSR count). The van der Waals surface area contributed by atoms with Crippen LogP contribution in [0.25, 0.3) is 0 Å². The summed E-state index contributed by atoms with van der Waals surface area (Å²) in [6.45, 7) is 6.37. The van der Waals surface area contributed by atoms with Crippen LogP contribution < -0.4 is 48.3 Å². The number of ether oxygens (including phenoxy) is 3. The number of amides is 6. The first-order chi connectivity index (χ1) is 52.1. The van der Waals surface area contributed by atoms with E-state index in [-0.39, 0.29) is 97.0 Å². The van der Waals surface area contributed by atoms with Crippen molar-refractivity contribution in [2.24, 2.45) is 0 Å². The Kier molecular flexibility index (Phi) is 27.7. The zero-order chi connectivity index (χ0) is 78.4. The third-order valence-corrected chi connectivity index (χ3v) is 16.3. The molecule has 0 radical (unpaired) electrons. The van der Waals surface area contributed by atoms with E-state index in [0.29, 0.717) is 120 Å². The number of anilines is 11. The number of para-hydroxylation sites is 3. The molecule has 572 valence electrons. The Morgan fingerprint density at radius 2 is 0.661 bits per heavy atom. The molecule has 6 amide bonds. The van der Waals surface area contributed by atoms with E-state index in [9.17, 15) is 68.3 Å². The van der Waals surface area contributed by atoms with E-state index in [2.05, 4.69) is 72.4 Å². The number of nitrogens with one attached hydrogen (secondary N) is 8. The summed E-state index contributed by atoms with van der Waals surface area (Å²) in [4.78, 5) is 102. The normalized spacial score (nSPS) is 13.6. The van der Waals surface area contributed by atoms with Crippen molar-refractivity contribution in [2.45, 2.75) is 18.5 Å². The molecule has 3 fully saturated rings. The summed E-state index contributed by atoms with van der Waals surface area (Å²) in [5, 5.41) is 21.0. The lowest BCUT2D eigenvalue weighted by Gasteiger charge is -2.26. The van der Waals surface area contributed by atoms with E-state index in [4.69, 9.17) is 31.5 Å². The maximum Gasteiger partial charge on any atom is 0.419 e. The van der Waals surface area contributed by atoms with Crippen LogP contribution in [0.1, 0.15) is 78.8 Å². The second-order valence-corrected chi connectivity index (χ2v) is 23.7. The first kappa shape index (κ1) is 80.8. The smallest absolute Gasteiger partial charge is 0.384 e. The molecule has 9 aromatic rings. The highest BCUT2D eigenvalue weighted by Gasteiger charge is 2.37. The zero-order valence-electron chi connectivity index (χ0n) is 58.1. The Balaban J connectivity index is 0.000000176. The molecule has 3 saturated heterocycles. The van der Waals surface area contributed by atoms with Gasteiger partial charge in [0, 0.05) is 110 Å². The fourth-order valence-corrected chi connectivity index (χ4v) is 10.7. The number of hydrogen-bond donors (Lipinski definition) is 9. The summed E-state index contributed by atoms with van der Waals surface area (Å²) >= 11 is 5.67. The van der Waals surface area contributed by atoms with Crippen LogP contribution in [0.5, 0.6) is 0 Å². The van der Waals surface area contributed by atoms with Gasteiger partial charge in [-0.05, 0) is 78.9 Å². The van der Waals surface area contributed by atoms with Crippen LogP contribution in [0.15, 0.2) is 165 Å². The zero-order valence-corrected chi connectivity index (χ0v) is 58.9. The molecule has 0 atom stereocenters. The number of nitrogen functional groups attached to an aromatic ring is 1. The van der Waals surface area contributed by atoms with Crippen LogP contribution in [0, 0.1) is 0 Å². The Bertz CT molecular complexity index is 4450.